The Morgan fingerprint density at radius 2 is 2.17 bits per heavy atom. The van der Waals surface area contributed by atoms with Crippen LogP contribution in [0.25, 0.3) is 0 Å². The number of rotatable bonds is 5. The highest BCUT2D eigenvalue weighted by Crippen LogP contribution is 2.38. The quantitative estimate of drug-likeness (QED) is 0.834. The third-order valence-electron chi connectivity index (χ3n) is 3.82. The summed E-state index contributed by atoms with van der Waals surface area (Å²) in [6.45, 7) is 0.998. The second kappa shape index (κ2) is 6.34. The molecule has 2 N–H and O–H groups in total. The SMILES string of the molecule is NCC1(CC(=O)OCc2cccs2)CCCCC1. The normalized spacial score (nSPS) is 18.5. The summed E-state index contributed by atoms with van der Waals surface area (Å²) in [5.74, 6) is -0.101. The van der Waals surface area contributed by atoms with Crippen LogP contribution in [0, 0.1) is 5.41 Å². The molecule has 0 radical (unpaired) electrons. The maximum absolute atomic E-state index is 11.9. The van der Waals surface area contributed by atoms with Crippen molar-refractivity contribution in [1.29, 1.82) is 0 Å². The maximum atomic E-state index is 11.9. The molecule has 0 aliphatic heterocycles. The number of thiophene rings is 1. The predicted molar refractivity (Wildman–Crippen MR) is 73.3 cm³/mol. The molecule has 1 aliphatic carbocycles. The van der Waals surface area contributed by atoms with Crippen LogP contribution >= 0.6 is 11.3 Å². The molecule has 1 aromatic heterocycles. The van der Waals surface area contributed by atoms with Gasteiger partial charge in [-0.25, -0.2) is 0 Å². The predicted octanol–water partition coefficient (Wildman–Crippen LogP) is 3.09. The van der Waals surface area contributed by atoms with E-state index >= 15 is 0 Å². The Morgan fingerprint density at radius 3 is 2.78 bits per heavy atom. The molecule has 0 spiro atoms. The van der Waals surface area contributed by atoms with E-state index in [1.165, 1.54) is 19.3 Å². The molecule has 100 valence electrons. The number of hydrogen-bond donors (Lipinski definition) is 1. The van der Waals surface area contributed by atoms with Gasteiger partial charge in [0.1, 0.15) is 6.61 Å². The first-order valence-electron chi connectivity index (χ1n) is 6.62. The van der Waals surface area contributed by atoms with Crippen LogP contribution in [0.5, 0.6) is 0 Å². The minimum absolute atomic E-state index is 0.00475. The van der Waals surface area contributed by atoms with Crippen molar-refractivity contribution < 1.29 is 9.53 Å². The van der Waals surface area contributed by atoms with E-state index in [-0.39, 0.29) is 11.4 Å². The molecule has 1 aliphatic rings. The van der Waals surface area contributed by atoms with Crippen molar-refractivity contribution in [2.45, 2.75) is 45.1 Å². The zero-order chi connectivity index (χ0) is 12.8. The number of hydrogen-bond acceptors (Lipinski definition) is 4. The summed E-state index contributed by atoms with van der Waals surface area (Å²) < 4.78 is 5.33. The molecule has 0 unspecified atom stereocenters. The third-order valence-corrected chi connectivity index (χ3v) is 4.67. The Morgan fingerprint density at radius 1 is 1.39 bits per heavy atom. The summed E-state index contributed by atoms with van der Waals surface area (Å²) in [5, 5.41) is 1.99. The lowest BCUT2D eigenvalue weighted by atomic mass is 9.72. The van der Waals surface area contributed by atoms with E-state index in [1.54, 1.807) is 11.3 Å². The largest absolute Gasteiger partial charge is 0.460 e. The van der Waals surface area contributed by atoms with Gasteiger partial charge in [-0.05, 0) is 36.2 Å². The number of nitrogens with two attached hydrogens (primary N) is 1. The van der Waals surface area contributed by atoms with Gasteiger partial charge >= 0.3 is 5.97 Å². The van der Waals surface area contributed by atoms with Crippen LogP contribution < -0.4 is 5.73 Å². The van der Waals surface area contributed by atoms with Crippen LogP contribution in [0.2, 0.25) is 0 Å². The van der Waals surface area contributed by atoms with Gasteiger partial charge in [0, 0.05) is 4.88 Å². The minimum Gasteiger partial charge on any atom is -0.460 e. The average Bonchev–Trinajstić information content (AvgIpc) is 2.91. The molecule has 1 heterocycles. The van der Waals surface area contributed by atoms with Crippen LogP contribution in [0.15, 0.2) is 17.5 Å². The van der Waals surface area contributed by atoms with Crippen LogP contribution in [0.1, 0.15) is 43.4 Å². The second-order valence-corrected chi connectivity index (χ2v) is 6.21. The molecule has 1 saturated carbocycles. The van der Waals surface area contributed by atoms with Gasteiger partial charge in [-0.3, -0.25) is 4.79 Å². The number of esters is 1. The summed E-state index contributed by atoms with van der Waals surface area (Å²) in [7, 11) is 0. The smallest absolute Gasteiger partial charge is 0.306 e. The fourth-order valence-electron chi connectivity index (χ4n) is 2.66. The van der Waals surface area contributed by atoms with E-state index in [1.807, 2.05) is 17.5 Å². The Kier molecular flexibility index (Phi) is 4.78. The summed E-state index contributed by atoms with van der Waals surface area (Å²) in [5.41, 5.74) is 5.88. The first-order valence-corrected chi connectivity index (χ1v) is 7.50. The lowest BCUT2D eigenvalue weighted by molar-refractivity contribution is -0.148. The standard InChI is InChI=1S/C14H21NO2S/c15-11-14(6-2-1-3-7-14)9-13(16)17-10-12-5-4-8-18-12/h4-5,8H,1-3,6-7,9-11,15H2. The monoisotopic (exact) mass is 267 g/mol. The Hall–Kier alpha value is -0.870. The Balaban J connectivity index is 1.81. The van der Waals surface area contributed by atoms with Gasteiger partial charge in [-0.1, -0.05) is 25.3 Å². The third kappa shape index (κ3) is 3.56. The van der Waals surface area contributed by atoms with Crippen molar-refractivity contribution in [2.75, 3.05) is 6.54 Å². The molecule has 1 aromatic rings. The topological polar surface area (TPSA) is 52.3 Å². The highest BCUT2D eigenvalue weighted by molar-refractivity contribution is 7.09. The van der Waals surface area contributed by atoms with Crippen LogP contribution in [0.3, 0.4) is 0 Å². The van der Waals surface area contributed by atoms with Crippen molar-refractivity contribution in [3.8, 4) is 0 Å². The summed E-state index contributed by atoms with van der Waals surface area (Å²) >= 11 is 1.61. The zero-order valence-electron chi connectivity index (χ0n) is 10.7. The van der Waals surface area contributed by atoms with Crippen LogP contribution in [-0.2, 0) is 16.1 Å². The fraction of sp³-hybridized carbons (Fsp3) is 0.643. The van der Waals surface area contributed by atoms with E-state index in [0.29, 0.717) is 19.6 Å². The van der Waals surface area contributed by atoms with Crippen LogP contribution in [0.4, 0.5) is 0 Å². The van der Waals surface area contributed by atoms with E-state index in [2.05, 4.69) is 0 Å². The van der Waals surface area contributed by atoms with Gasteiger partial charge in [-0.2, -0.15) is 0 Å². The van der Waals surface area contributed by atoms with Gasteiger partial charge < -0.3 is 10.5 Å². The minimum atomic E-state index is -0.101. The van der Waals surface area contributed by atoms with E-state index in [4.69, 9.17) is 10.5 Å². The molecular formula is C14H21NO2S. The van der Waals surface area contributed by atoms with Gasteiger partial charge in [-0.15, -0.1) is 11.3 Å². The molecule has 0 atom stereocenters. The van der Waals surface area contributed by atoms with Crippen molar-refractivity contribution in [1.82, 2.24) is 0 Å². The zero-order valence-corrected chi connectivity index (χ0v) is 11.5. The molecule has 0 amide bonds. The van der Waals surface area contributed by atoms with Gasteiger partial charge in [0.25, 0.3) is 0 Å². The lowest BCUT2D eigenvalue weighted by Crippen LogP contribution is -2.35. The van der Waals surface area contributed by atoms with Crippen molar-refractivity contribution in [3.05, 3.63) is 22.4 Å². The Labute approximate surface area is 112 Å². The van der Waals surface area contributed by atoms with Gasteiger partial charge in [0.05, 0.1) is 6.42 Å². The number of carbonyl (C=O) groups excluding carboxylic acids is 1. The molecule has 0 aromatic carbocycles. The summed E-state index contributed by atoms with van der Waals surface area (Å²) in [6.07, 6.45) is 6.26. The van der Waals surface area contributed by atoms with Crippen molar-refractivity contribution >= 4 is 17.3 Å². The summed E-state index contributed by atoms with van der Waals surface area (Å²) in [4.78, 5) is 13.0. The van der Waals surface area contributed by atoms with Gasteiger partial charge in [0.15, 0.2) is 0 Å². The Bertz CT molecular complexity index is 369. The average molecular weight is 267 g/mol. The van der Waals surface area contributed by atoms with Crippen LogP contribution in [-0.4, -0.2) is 12.5 Å². The van der Waals surface area contributed by atoms with Crippen molar-refractivity contribution in [2.24, 2.45) is 11.1 Å². The van der Waals surface area contributed by atoms with E-state index < -0.39 is 0 Å². The molecule has 4 heteroatoms. The molecule has 3 nitrogen and oxygen atoms in total. The van der Waals surface area contributed by atoms with Gasteiger partial charge in [0.2, 0.25) is 0 Å². The highest BCUT2D eigenvalue weighted by Gasteiger charge is 2.33. The number of ether oxygens (including phenoxy) is 1. The first-order chi connectivity index (χ1) is 8.74. The first kappa shape index (κ1) is 13.6. The molecule has 1 fully saturated rings. The molecule has 18 heavy (non-hydrogen) atoms. The van der Waals surface area contributed by atoms with E-state index in [0.717, 1.165) is 17.7 Å². The van der Waals surface area contributed by atoms with E-state index in [9.17, 15) is 4.79 Å². The van der Waals surface area contributed by atoms with Crippen molar-refractivity contribution in [3.63, 3.8) is 0 Å². The molecule has 2 rings (SSSR count). The highest BCUT2D eigenvalue weighted by atomic mass is 32.1. The summed E-state index contributed by atoms with van der Waals surface area (Å²) in [6, 6.07) is 3.95. The maximum Gasteiger partial charge on any atom is 0.306 e. The lowest BCUT2D eigenvalue weighted by Gasteiger charge is -2.35. The molecular weight excluding hydrogens is 246 g/mol. The second-order valence-electron chi connectivity index (χ2n) is 5.18. The molecule has 0 bridgehead atoms. The molecule has 0 saturated heterocycles. The fourth-order valence-corrected chi connectivity index (χ4v) is 3.27. The number of carbonyl (C=O) groups is 1.